The highest BCUT2D eigenvalue weighted by atomic mass is 35.5. The third-order valence-corrected chi connectivity index (χ3v) is 3.58. The van der Waals surface area contributed by atoms with Crippen LogP contribution in [0.3, 0.4) is 0 Å². The van der Waals surface area contributed by atoms with Crippen molar-refractivity contribution >= 4 is 29.2 Å². The summed E-state index contributed by atoms with van der Waals surface area (Å²) in [6.07, 6.45) is 0.131. The fourth-order valence-corrected chi connectivity index (χ4v) is 2.46. The van der Waals surface area contributed by atoms with Gasteiger partial charge in [0.15, 0.2) is 6.61 Å². The van der Waals surface area contributed by atoms with Crippen molar-refractivity contribution in [3.05, 3.63) is 44.2 Å². The second kappa shape index (κ2) is 7.06. The van der Waals surface area contributed by atoms with Gasteiger partial charge in [0.25, 0.3) is 0 Å². The molecular weight excluding hydrogens is 347 g/mol. The number of carbonyl (C=O) groups is 1. The van der Waals surface area contributed by atoms with Crippen molar-refractivity contribution in [3.63, 3.8) is 0 Å². The average Bonchev–Trinajstić information content (AvgIpc) is 2.81. The maximum Gasteiger partial charge on any atom is 0.437 e. The SMILES string of the molecule is CC(C)n1nc(Cc2c(Cl)cc(OCC(=O)O)cc2Cl)oc1=O. The van der Waals surface area contributed by atoms with E-state index < -0.39 is 18.3 Å². The van der Waals surface area contributed by atoms with E-state index in [4.69, 9.17) is 37.5 Å². The molecule has 2 aromatic rings. The summed E-state index contributed by atoms with van der Waals surface area (Å²) in [5, 5.41) is 13.2. The predicted molar refractivity (Wildman–Crippen MR) is 83.5 cm³/mol. The number of benzene rings is 1. The lowest BCUT2D eigenvalue weighted by molar-refractivity contribution is -0.139. The van der Waals surface area contributed by atoms with E-state index in [-0.39, 0.29) is 34.1 Å². The maximum atomic E-state index is 11.6. The van der Waals surface area contributed by atoms with E-state index in [0.29, 0.717) is 5.56 Å². The highest BCUT2D eigenvalue weighted by Gasteiger charge is 2.16. The van der Waals surface area contributed by atoms with E-state index >= 15 is 0 Å². The third kappa shape index (κ3) is 4.27. The highest BCUT2D eigenvalue weighted by Crippen LogP contribution is 2.31. The van der Waals surface area contributed by atoms with Crippen LogP contribution in [0.5, 0.6) is 5.75 Å². The Morgan fingerprint density at radius 2 is 2.00 bits per heavy atom. The van der Waals surface area contributed by atoms with Crippen molar-refractivity contribution in [2.45, 2.75) is 26.3 Å². The van der Waals surface area contributed by atoms with Crippen LogP contribution in [0.1, 0.15) is 31.3 Å². The molecule has 0 aliphatic rings. The monoisotopic (exact) mass is 360 g/mol. The van der Waals surface area contributed by atoms with Crippen LogP contribution in [0.15, 0.2) is 21.3 Å². The molecule has 0 radical (unpaired) electrons. The van der Waals surface area contributed by atoms with Gasteiger partial charge >= 0.3 is 11.7 Å². The molecule has 1 heterocycles. The minimum atomic E-state index is -1.11. The quantitative estimate of drug-likeness (QED) is 0.850. The van der Waals surface area contributed by atoms with Gasteiger partial charge in [-0.15, -0.1) is 5.10 Å². The molecule has 124 valence electrons. The fourth-order valence-electron chi connectivity index (χ4n) is 1.85. The van der Waals surface area contributed by atoms with Crippen LogP contribution in [0, 0.1) is 0 Å². The lowest BCUT2D eigenvalue weighted by atomic mass is 10.1. The number of aliphatic carboxylic acids is 1. The first-order valence-corrected chi connectivity index (χ1v) is 7.44. The van der Waals surface area contributed by atoms with Crippen LogP contribution >= 0.6 is 23.2 Å². The lowest BCUT2D eigenvalue weighted by Gasteiger charge is -2.09. The smallest absolute Gasteiger partial charge is 0.437 e. The number of halogens is 2. The summed E-state index contributed by atoms with van der Waals surface area (Å²) < 4.78 is 11.3. The van der Waals surface area contributed by atoms with Crippen molar-refractivity contribution in [2.75, 3.05) is 6.61 Å². The lowest BCUT2D eigenvalue weighted by Crippen LogP contribution is -2.17. The summed E-state index contributed by atoms with van der Waals surface area (Å²) in [5.74, 6) is -1.24. The molecule has 0 spiro atoms. The number of carboxylic acids is 1. The molecule has 0 amide bonds. The molecule has 1 N–H and O–H groups in total. The summed E-state index contributed by atoms with van der Waals surface area (Å²) in [6.45, 7) is 3.12. The molecule has 0 aliphatic carbocycles. The van der Waals surface area contributed by atoms with Crippen LogP contribution in [-0.2, 0) is 11.2 Å². The topological polar surface area (TPSA) is 94.6 Å². The number of carboxylic acid groups (broad SMARTS) is 1. The van der Waals surface area contributed by atoms with E-state index in [1.165, 1.54) is 16.8 Å². The number of nitrogens with zero attached hydrogens (tertiary/aromatic N) is 2. The van der Waals surface area contributed by atoms with Gasteiger partial charge < -0.3 is 14.3 Å². The molecule has 0 saturated carbocycles. The number of ether oxygens (including phenoxy) is 1. The Balaban J connectivity index is 2.25. The zero-order valence-corrected chi connectivity index (χ0v) is 13.9. The standard InChI is InChI=1S/C14H14Cl2N2O5/c1-7(2)18-14(21)23-12(17-18)5-9-10(15)3-8(4-11(9)16)22-6-13(19)20/h3-4,7H,5-6H2,1-2H3,(H,19,20). The van der Waals surface area contributed by atoms with Gasteiger partial charge in [-0.25, -0.2) is 9.59 Å². The van der Waals surface area contributed by atoms with Crippen molar-refractivity contribution < 1.29 is 19.1 Å². The first-order valence-electron chi connectivity index (χ1n) is 6.69. The minimum absolute atomic E-state index is 0.127. The van der Waals surface area contributed by atoms with Gasteiger partial charge in [-0.05, 0) is 31.5 Å². The van der Waals surface area contributed by atoms with E-state index in [9.17, 15) is 9.59 Å². The Labute approximate surface area is 141 Å². The Hall–Kier alpha value is -1.99. The second-order valence-corrected chi connectivity index (χ2v) is 5.84. The number of hydrogen-bond acceptors (Lipinski definition) is 5. The Kier molecular flexibility index (Phi) is 5.33. The van der Waals surface area contributed by atoms with Gasteiger partial charge in [-0.3, -0.25) is 0 Å². The molecule has 7 nitrogen and oxygen atoms in total. The summed E-state index contributed by atoms with van der Waals surface area (Å²) in [7, 11) is 0. The van der Waals surface area contributed by atoms with E-state index in [1.54, 1.807) is 0 Å². The minimum Gasteiger partial charge on any atom is -0.482 e. The zero-order chi connectivity index (χ0) is 17.1. The molecule has 9 heteroatoms. The van der Waals surface area contributed by atoms with Gasteiger partial charge in [0.1, 0.15) is 5.75 Å². The molecule has 0 unspecified atom stereocenters. The average molecular weight is 361 g/mol. The Morgan fingerprint density at radius 3 is 2.48 bits per heavy atom. The molecule has 1 aromatic heterocycles. The van der Waals surface area contributed by atoms with E-state index in [1.807, 2.05) is 13.8 Å². The van der Waals surface area contributed by atoms with Crippen molar-refractivity contribution in [3.8, 4) is 5.75 Å². The van der Waals surface area contributed by atoms with Crippen molar-refractivity contribution in [1.29, 1.82) is 0 Å². The number of hydrogen-bond donors (Lipinski definition) is 1. The van der Waals surface area contributed by atoms with Gasteiger partial charge in [-0.2, -0.15) is 4.68 Å². The van der Waals surface area contributed by atoms with Crippen molar-refractivity contribution in [1.82, 2.24) is 9.78 Å². The van der Waals surface area contributed by atoms with Crippen LogP contribution in [-0.4, -0.2) is 27.5 Å². The van der Waals surface area contributed by atoms with Crippen LogP contribution in [0.4, 0.5) is 0 Å². The van der Waals surface area contributed by atoms with Crippen LogP contribution in [0.25, 0.3) is 0 Å². The van der Waals surface area contributed by atoms with E-state index in [2.05, 4.69) is 5.10 Å². The maximum absolute atomic E-state index is 11.6. The van der Waals surface area contributed by atoms with Crippen molar-refractivity contribution in [2.24, 2.45) is 0 Å². The molecule has 0 aliphatic heterocycles. The summed E-state index contributed by atoms with van der Waals surface area (Å²) >= 11 is 12.3. The molecular formula is C14H14Cl2N2O5. The molecule has 2 rings (SSSR count). The van der Waals surface area contributed by atoms with Gasteiger partial charge in [-0.1, -0.05) is 23.2 Å². The normalized spacial score (nSPS) is 11.0. The first kappa shape index (κ1) is 17.4. The second-order valence-electron chi connectivity index (χ2n) is 5.02. The van der Waals surface area contributed by atoms with Gasteiger partial charge in [0, 0.05) is 10.0 Å². The molecule has 0 bridgehead atoms. The van der Waals surface area contributed by atoms with E-state index in [0.717, 1.165) is 0 Å². The number of aromatic nitrogens is 2. The zero-order valence-electron chi connectivity index (χ0n) is 12.4. The predicted octanol–water partition coefficient (Wildman–Crippen LogP) is 2.78. The highest BCUT2D eigenvalue weighted by molar-refractivity contribution is 6.36. The molecule has 0 atom stereocenters. The Morgan fingerprint density at radius 1 is 1.39 bits per heavy atom. The summed E-state index contributed by atoms with van der Waals surface area (Å²) in [5.41, 5.74) is 0.508. The first-order chi connectivity index (χ1) is 10.8. The molecule has 1 aromatic carbocycles. The summed E-state index contributed by atoms with van der Waals surface area (Å²) in [6, 6.07) is 2.77. The Bertz CT molecular complexity index is 759. The summed E-state index contributed by atoms with van der Waals surface area (Å²) in [4.78, 5) is 22.1. The molecule has 0 fully saturated rings. The van der Waals surface area contributed by atoms with Crippen LogP contribution < -0.4 is 10.5 Å². The fraction of sp³-hybridized carbons (Fsp3) is 0.357. The van der Waals surface area contributed by atoms with Gasteiger partial charge in [0.05, 0.1) is 12.5 Å². The largest absolute Gasteiger partial charge is 0.482 e. The number of rotatable bonds is 6. The molecule has 23 heavy (non-hydrogen) atoms. The van der Waals surface area contributed by atoms with Crippen LogP contribution in [0.2, 0.25) is 10.0 Å². The molecule has 0 saturated heterocycles. The third-order valence-electron chi connectivity index (χ3n) is 2.91. The van der Waals surface area contributed by atoms with Gasteiger partial charge in [0.2, 0.25) is 5.89 Å².